The van der Waals surface area contributed by atoms with E-state index < -0.39 is 49.8 Å². The Kier molecular flexibility index (Phi) is 8.86. The Morgan fingerprint density at radius 2 is 1.94 bits per heavy atom. The van der Waals surface area contributed by atoms with E-state index in [4.69, 9.17) is 20.9 Å². The number of hydrogen-bond donors (Lipinski definition) is 1. The molecule has 0 bridgehead atoms. The summed E-state index contributed by atoms with van der Waals surface area (Å²) < 4.78 is 55.8. The smallest absolute Gasteiger partial charge is 0.432 e. The van der Waals surface area contributed by atoms with E-state index in [1.807, 2.05) is 0 Å². The van der Waals surface area contributed by atoms with Gasteiger partial charge in [-0.15, -0.1) is 11.3 Å². The van der Waals surface area contributed by atoms with Gasteiger partial charge in [-0.05, 0) is 60.5 Å². The molecule has 1 heterocycles. The fraction of sp³-hybridized carbons (Fsp3) is 0.217. The maximum atomic E-state index is 13.9. The highest BCUT2D eigenvalue weighted by Crippen LogP contribution is 2.59. The largest absolute Gasteiger partial charge is 0.510 e. The molecule has 1 aromatic heterocycles. The third-order valence-electron chi connectivity index (χ3n) is 4.77. The third kappa shape index (κ3) is 6.29. The predicted molar refractivity (Wildman–Crippen MR) is 132 cm³/mol. The first-order valence-corrected chi connectivity index (χ1v) is 13.2. The van der Waals surface area contributed by atoms with Crippen molar-refractivity contribution in [2.45, 2.75) is 25.6 Å². The van der Waals surface area contributed by atoms with Gasteiger partial charge in [0, 0.05) is 22.0 Å². The van der Waals surface area contributed by atoms with Crippen LogP contribution in [0.2, 0.25) is 5.02 Å². The molecule has 0 saturated carbocycles. The summed E-state index contributed by atoms with van der Waals surface area (Å²) in [6, 6.07) is 7.43. The number of benzene rings is 2. The molecule has 1 N–H and O–H groups in total. The molecule has 0 spiro atoms. The first kappa shape index (κ1) is 27.8. The van der Waals surface area contributed by atoms with Crippen LogP contribution < -0.4 is 4.90 Å². The van der Waals surface area contributed by atoms with E-state index in [-0.39, 0.29) is 11.3 Å². The number of halogens is 3. The second-order valence-corrected chi connectivity index (χ2v) is 10.8. The Morgan fingerprint density at radius 3 is 2.58 bits per heavy atom. The second-order valence-electron chi connectivity index (χ2n) is 7.60. The highest BCUT2D eigenvalue weighted by Gasteiger charge is 2.44. The van der Waals surface area contributed by atoms with Gasteiger partial charge in [0.2, 0.25) is 6.79 Å². The number of carbonyl (C=O) groups is 2. The van der Waals surface area contributed by atoms with Crippen LogP contribution in [-0.2, 0) is 23.4 Å². The van der Waals surface area contributed by atoms with Gasteiger partial charge < -0.3 is 14.4 Å². The summed E-state index contributed by atoms with van der Waals surface area (Å²) in [4.78, 5) is 37.0. The number of amides is 1. The molecule has 0 saturated heterocycles. The first-order chi connectivity index (χ1) is 16.9. The number of hydrogen-bond acceptors (Lipinski definition) is 7. The topological polar surface area (TPSA) is 102 Å². The van der Waals surface area contributed by atoms with Crippen molar-refractivity contribution in [2.24, 2.45) is 0 Å². The molecular formula is C23H21ClF2NO7PS. The van der Waals surface area contributed by atoms with Gasteiger partial charge >= 0.3 is 13.8 Å². The van der Waals surface area contributed by atoms with Gasteiger partial charge in [0.15, 0.2) is 17.3 Å². The monoisotopic (exact) mass is 559 g/mol. The molecule has 0 fully saturated rings. The maximum Gasteiger partial charge on any atom is 0.510 e. The fourth-order valence-electron chi connectivity index (χ4n) is 3.22. The minimum absolute atomic E-state index is 0.0903. The molecule has 2 unspecified atom stereocenters. The maximum absolute atomic E-state index is 13.9. The lowest BCUT2D eigenvalue weighted by atomic mass is 10.1. The Morgan fingerprint density at radius 1 is 1.22 bits per heavy atom. The van der Waals surface area contributed by atoms with Gasteiger partial charge in [0.1, 0.15) is 0 Å². The number of carbonyl (C=O) groups excluding carboxylic acids is 2. The van der Waals surface area contributed by atoms with Gasteiger partial charge in [0.05, 0.1) is 11.8 Å². The molecule has 3 rings (SSSR count). The van der Waals surface area contributed by atoms with Crippen molar-refractivity contribution in [3.05, 3.63) is 76.8 Å². The van der Waals surface area contributed by atoms with Crippen LogP contribution in [0.15, 0.2) is 54.6 Å². The van der Waals surface area contributed by atoms with Crippen molar-refractivity contribution in [1.29, 1.82) is 0 Å². The predicted octanol–water partition coefficient (Wildman–Crippen LogP) is 6.77. The van der Waals surface area contributed by atoms with Gasteiger partial charge in [-0.3, -0.25) is 18.8 Å². The van der Waals surface area contributed by atoms with Crippen LogP contribution in [-0.4, -0.2) is 29.9 Å². The average Bonchev–Trinajstić information content (AvgIpc) is 3.18. The zero-order chi connectivity index (χ0) is 26.6. The highest BCUT2D eigenvalue weighted by molar-refractivity contribution is 7.54. The summed E-state index contributed by atoms with van der Waals surface area (Å²) in [6.45, 7) is 5.67. The van der Waals surface area contributed by atoms with Crippen LogP contribution in [0.4, 0.5) is 19.3 Å². The van der Waals surface area contributed by atoms with E-state index in [2.05, 4.69) is 11.3 Å². The van der Waals surface area contributed by atoms with Crippen molar-refractivity contribution in [3.8, 4) is 0 Å². The normalized spacial score (nSPS) is 13.8. The third-order valence-corrected chi connectivity index (χ3v) is 7.61. The number of thiophene rings is 1. The second kappa shape index (κ2) is 11.5. The molecule has 13 heteroatoms. The standard InChI is InChI=1S/C23H21ClF2NO7PS/c1-4-27(15-6-7-18(25)19(26)10-15)22(28)21(17-11-36-20-8-5-14(24)9-16(17)20)35(30,31)33-12-32-23(29)34-13(2)3/h4-11,13,21H,1,12H2,2-3H3,(H,30,31). The molecule has 1 amide bonds. The molecule has 2 atom stereocenters. The quantitative estimate of drug-likeness (QED) is 0.175. The number of rotatable bonds is 9. The molecular weight excluding hydrogens is 539 g/mol. The van der Waals surface area contributed by atoms with E-state index in [0.29, 0.717) is 15.1 Å². The van der Waals surface area contributed by atoms with Gasteiger partial charge in [-0.25, -0.2) is 13.6 Å². The van der Waals surface area contributed by atoms with Crippen LogP contribution in [0.1, 0.15) is 25.1 Å². The van der Waals surface area contributed by atoms with Gasteiger partial charge in [-0.1, -0.05) is 18.2 Å². The summed E-state index contributed by atoms with van der Waals surface area (Å²) in [7, 11) is -4.94. The minimum Gasteiger partial charge on any atom is -0.432 e. The van der Waals surface area contributed by atoms with Crippen molar-refractivity contribution in [2.75, 3.05) is 11.7 Å². The Bertz CT molecular complexity index is 1350. The summed E-state index contributed by atoms with van der Waals surface area (Å²) in [5.41, 5.74) is -1.93. The number of anilines is 1. The Balaban J connectivity index is 2.03. The summed E-state index contributed by atoms with van der Waals surface area (Å²) in [6.07, 6.45) is -0.665. The van der Waals surface area contributed by atoms with E-state index in [1.165, 1.54) is 22.8 Å². The SMILES string of the molecule is C=CN(C(=O)C(c1csc2ccc(Cl)cc12)P(=O)(O)OCOC(=O)OC(C)C)c1ccc(F)c(F)c1. The molecule has 3 aromatic rings. The molecule has 2 aromatic carbocycles. The van der Waals surface area contributed by atoms with Crippen molar-refractivity contribution < 1.29 is 41.8 Å². The summed E-state index contributed by atoms with van der Waals surface area (Å²) >= 11 is 7.29. The molecule has 0 aliphatic heterocycles. The van der Waals surface area contributed by atoms with Crippen LogP contribution in [0, 0.1) is 11.6 Å². The zero-order valence-corrected chi connectivity index (χ0v) is 21.5. The number of ether oxygens (including phenoxy) is 2. The molecule has 36 heavy (non-hydrogen) atoms. The molecule has 0 aliphatic rings. The van der Waals surface area contributed by atoms with E-state index >= 15 is 0 Å². The van der Waals surface area contributed by atoms with Crippen LogP contribution in [0.3, 0.4) is 0 Å². The average molecular weight is 560 g/mol. The molecule has 192 valence electrons. The minimum atomic E-state index is -4.94. The van der Waals surface area contributed by atoms with Crippen LogP contribution >= 0.6 is 30.5 Å². The zero-order valence-electron chi connectivity index (χ0n) is 19.0. The summed E-state index contributed by atoms with van der Waals surface area (Å²) in [5.74, 6) is -3.42. The Hall–Kier alpha value is -2.82. The van der Waals surface area contributed by atoms with E-state index in [0.717, 1.165) is 29.3 Å². The number of nitrogens with zero attached hydrogens (tertiary/aromatic N) is 1. The lowest BCUT2D eigenvalue weighted by Crippen LogP contribution is -2.31. The van der Waals surface area contributed by atoms with E-state index in [1.54, 1.807) is 26.0 Å². The Labute approximate surface area is 214 Å². The van der Waals surface area contributed by atoms with Crippen molar-refractivity contribution in [1.82, 2.24) is 0 Å². The van der Waals surface area contributed by atoms with E-state index in [9.17, 15) is 27.8 Å². The van der Waals surface area contributed by atoms with Gasteiger partial charge in [0.25, 0.3) is 5.91 Å². The lowest BCUT2D eigenvalue weighted by molar-refractivity contribution is -0.118. The fourth-order valence-corrected chi connectivity index (χ4v) is 5.78. The first-order valence-electron chi connectivity index (χ1n) is 10.3. The molecule has 0 radical (unpaired) electrons. The summed E-state index contributed by atoms with van der Waals surface area (Å²) in [5, 5.41) is 2.19. The van der Waals surface area contributed by atoms with Crippen LogP contribution in [0.5, 0.6) is 0 Å². The number of fused-ring (bicyclic) bond motifs is 1. The highest BCUT2D eigenvalue weighted by atomic mass is 35.5. The molecule has 0 aliphatic carbocycles. The van der Waals surface area contributed by atoms with Crippen molar-refractivity contribution in [3.63, 3.8) is 0 Å². The molecule has 8 nitrogen and oxygen atoms in total. The van der Waals surface area contributed by atoms with Crippen LogP contribution in [0.25, 0.3) is 10.1 Å². The van der Waals surface area contributed by atoms with Gasteiger partial charge in [-0.2, -0.15) is 0 Å². The van der Waals surface area contributed by atoms with Crippen molar-refractivity contribution >= 4 is 58.4 Å². The lowest BCUT2D eigenvalue weighted by Gasteiger charge is -2.27.